The molecule has 0 radical (unpaired) electrons. The molecule has 1 amide bonds. The Morgan fingerprint density at radius 2 is 1.66 bits per heavy atom. The molecular weight excluding hydrogens is 445 g/mol. The van der Waals surface area contributed by atoms with Gasteiger partial charge < -0.3 is 19.1 Å². The summed E-state index contributed by atoms with van der Waals surface area (Å²) in [7, 11) is 0. The van der Waals surface area contributed by atoms with Gasteiger partial charge in [0.25, 0.3) is 5.91 Å². The minimum Gasteiger partial charge on any atom is -0.483 e. The van der Waals surface area contributed by atoms with Gasteiger partial charge in [-0.1, -0.05) is 42.5 Å². The molecule has 182 valence electrons. The van der Waals surface area contributed by atoms with Crippen molar-refractivity contribution in [1.29, 1.82) is 0 Å². The molecule has 35 heavy (non-hydrogen) atoms. The molecule has 3 heterocycles. The van der Waals surface area contributed by atoms with Gasteiger partial charge in [-0.25, -0.2) is 4.39 Å². The fourth-order valence-electron chi connectivity index (χ4n) is 5.00. The van der Waals surface area contributed by atoms with Crippen molar-refractivity contribution in [3.05, 3.63) is 99.7 Å². The number of rotatable bonds is 8. The van der Waals surface area contributed by atoms with Gasteiger partial charge in [0.2, 0.25) is 5.43 Å². The Bertz CT molecular complexity index is 1220. The van der Waals surface area contributed by atoms with Crippen LogP contribution in [0.15, 0.2) is 71.7 Å². The highest BCUT2D eigenvalue weighted by atomic mass is 19.1. The first-order chi connectivity index (χ1) is 17.1. The Balaban J connectivity index is 1.46. The lowest BCUT2D eigenvalue weighted by atomic mass is 10.1. The van der Waals surface area contributed by atoms with Gasteiger partial charge in [0, 0.05) is 31.9 Å². The van der Waals surface area contributed by atoms with Crippen LogP contribution in [0.1, 0.15) is 46.9 Å². The summed E-state index contributed by atoms with van der Waals surface area (Å²) in [6, 6.07) is 17.3. The molecule has 3 aromatic rings. The van der Waals surface area contributed by atoms with E-state index in [2.05, 4.69) is 4.90 Å². The smallest absolute Gasteiger partial charge is 0.274 e. The van der Waals surface area contributed by atoms with Gasteiger partial charge in [0.1, 0.15) is 12.4 Å². The van der Waals surface area contributed by atoms with Crippen LogP contribution in [0.2, 0.25) is 0 Å². The Hall–Kier alpha value is -3.45. The maximum atomic E-state index is 13.7. The molecule has 0 spiro atoms. The highest BCUT2D eigenvalue weighted by molar-refractivity contribution is 5.96. The number of likely N-dealkylation sites (tertiary alicyclic amines) is 1. The Kier molecular flexibility index (Phi) is 6.95. The molecule has 0 aliphatic carbocycles. The second-order valence-electron chi connectivity index (χ2n) is 9.34. The van der Waals surface area contributed by atoms with E-state index in [0.29, 0.717) is 18.8 Å². The van der Waals surface area contributed by atoms with Crippen LogP contribution in [0.25, 0.3) is 0 Å². The fourth-order valence-corrected chi connectivity index (χ4v) is 5.00. The number of fused-ring (bicyclic) bond motifs is 1. The highest BCUT2D eigenvalue weighted by Gasteiger charge is 2.34. The van der Waals surface area contributed by atoms with Crippen molar-refractivity contribution in [3.8, 4) is 5.75 Å². The minimum absolute atomic E-state index is 0.0171. The van der Waals surface area contributed by atoms with Crippen molar-refractivity contribution in [2.24, 2.45) is 0 Å². The van der Waals surface area contributed by atoms with E-state index in [0.717, 1.165) is 37.2 Å². The largest absolute Gasteiger partial charge is 0.483 e. The van der Waals surface area contributed by atoms with Gasteiger partial charge in [-0.05, 0) is 55.6 Å². The molecular formula is C28H30FN3O3. The van der Waals surface area contributed by atoms with Crippen LogP contribution in [-0.4, -0.2) is 46.5 Å². The SMILES string of the molecule is O=C1c2c(OCc3ccccc3)c(=O)ccn2C(CCN2CCCC2)CN1Cc1ccc(F)cc1. The van der Waals surface area contributed by atoms with E-state index >= 15 is 0 Å². The molecule has 7 heteroatoms. The standard InChI is InChI=1S/C28H30FN3O3/c29-23-10-8-21(9-11-23)18-31-19-24(12-16-30-14-4-5-15-30)32-17-13-25(33)27(26(32)28(31)34)35-20-22-6-2-1-3-7-22/h1-3,6-11,13,17,24H,4-5,12,14-16,18-20H2. The lowest BCUT2D eigenvalue weighted by Gasteiger charge is -2.37. The molecule has 6 nitrogen and oxygen atoms in total. The number of benzene rings is 2. The van der Waals surface area contributed by atoms with E-state index < -0.39 is 0 Å². The third-order valence-corrected chi connectivity index (χ3v) is 6.89. The van der Waals surface area contributed by atoms with Gasteiger partial charge in [-0.3, -0.25) is 9.59 Å². The third-order valence-electron chi connectivity index (χ3n) is 6.89. The van der Waals surface area contributed by atoms with E-state index in [1.807, 2.05) is 34.9 Å². The minimum atomic E-state index is -0.310. The van der Waals surface area contributed by atoms with Crippen LogP contribution in [0, 0.1) is 5.82 Å². The van der Waals surface area contributed by atoms with E-state index in [4.69, 9.17) is 4.74 Å². The molecule has 1 aromatic heterocycles. The number of aromatic nitrogens is 1. The lowest BCUT2D eigenvalue weighted by molar-refractivity contribution is 0.0630. The summed E-state index contributed by atoms with van der Waals surface area (Å²) < 4.78 is 21.4. The monoisotopic (exact) mass is 475 g/mol. The average Bonchev–Trinajstić information content (AvgIpc) is 3.40. The highest BCUT2D eigenvalue weighted by Crippen LogP contribution is 2.30. The fraction of sp³-hybridized carbons (Fsp3) is 0.357. The van der Waals surface area contributed by atoms with E-state index in [-0.39, 0.29) is 35.6 Å². The zero-order valence-corrected chi connectivity index (χ0v) is 19.7. The van der Waals surface area contributed by atoms with E-state index in [9.17, 15) is 14.0 Å². The second kappa shape index (κ2) is 10.4. The van der Waals surface area contributed by atoms with E-state index in [1.54, 1.807) is 23.2 Å². The molecule has 5 rings (SSSR count). The lowest BCUT2D eigenvalue weighted by Crippen LogP contribution is -2.45. The van der Waals surface area contributed by atoms with Crippen LogP contribution >= 0.6 is 0 Å². The topological polar surface area (TPSA) is 54.8 Å². The van der Waals surface area contributed by atoms with Gasteiger partial charge in [0.15, 0.2) is 11.4 Å². The number of carbonyl (C=O) groups is 1. The van der Waals surface area contributed by atoms with Crippen LogP contribution < -0.4 is 10.2 Å². The molecule has 2 aliphatic rings. The number of ether oxygens (including phenoxy) is 1. The Morgan fingerprint density at radius 1 is 0.914 bits per heavy atom. The normalized spacial score (nSPS) is 18.0. The van der Waals surface area contributed by atoms with Gasteiger partial charge in [0.05, 0.1) is 6.04 Å². The molecule has 0 N–H and O–H groups in total. The summed E-state index contributed by atoms with van der Waals surface area (Å²) in [4.78, 5) is 30.8. The number of hydrogen-bond donors (Lipinski definition) is 0. The number of nitrogens with zero attached hydrogens (tertiary/aromatic N) is 3. The zero-order valence-electron chi connectivity index (χ0n) is 19.7. The number of carbonyl (C=O) groups excluding carboxylic acids is 1. The number of halogens is 1. The molecule has 1 saturated heterocycles. The molecule has 2 aliphatic heterocycles. The molecule has 0 bridgehead atoms. The third kappa shape index (κ3) is 5.30. The van der Waals surface area contributed by atoms with Crippen molar-refractivity contribution in [2.75, 3.05) is 26.2 Å². The maximum Gasteiger partial charge on any atom is 0.274 e. The van der Waals surface area contributed by atoms with Crippen LogP contribution in [-0.2, 0) is 13.2 Å². The zero-order chi connectivity index (χ0) is 24.2. The maximum absolute atomic E-state index is 13.7. The molecule has 0 saturated carbocycles. The first-order valence-electron chi connectivity index (χ1n) is 12.3. The summed E-state index contributed by atoms with van der Waals surface area (Å²) in [6.45, 7) is 4.23. The van der Waals surface area contributed by atoms with Crippen LogP contribution in [0.4, 0.5) is 4.39 Å². The molecule has 1 unspecified atom stereocenters. The second-order valence-corrected chi connectivity index (χ2v) is 9.34. The quantitative estimate of drug-likeness (QED) is 0.489. The first kappa shape index (κ1) is 23.3. The van der Waals surface area contributed by atoms with Crippen molar-refractivity contribution in [1.82, 2.24) is 14.4 Å². The van der Waals surface area contributed by atoms with Gasteiger partial charge >= 0.3 is 0 Å². The molecule has 1 fully saturated rings. The number of amides is 1. The average molecular weight is 476 g/mol. The summed E-state index contributed by atoms with van der Waals surface area (Å²) in [5.41, 5.74) is 1.76. The number of hydrogen-bond acceptors (Lipinski definition) is 4. The van der Waals surface area contributed by atoms with Crippen molar-refractivity contribution >= 4 is 5.91 Å². The first-order valence-corrected chi connectivity index (χ1v) is 12.3. The number of pyridine rings is 1. The van der Waals surface area contributed by atoms with Gasteiger partial charge in [-0.2, -0.15) is 0 Å². The summed E-state index contributed by atoms with van der Waals surface area (Å²) in [5.74, 6) is -0.459. The predicted molar refractivity (Wildman–Crippen MR) is 132 cm³/mol. The summed E-state index contributed by atoms with van der Waals surface area (Å²) in [5, 5.41) is 0. The summed E-state index contributed by atoms with van der Waals surface area (Å²) >= 11 is 0. The van der Waals surface area contributed by atoms with Crippen molar-refractivity contribution in [3.63, 3.8) is 0 Å². The molecule has 2 aromatic carbocycles. The van der Waals surface area contributed by atoms with Crippen molar-refractivity contribution in [2.45, 2.75) is 38.5 Å². The van der Waals surface area contributed by atoms with E-state index in [1.165, 1.54) is 31.0 Å². The molecule has 1 atom stereocenters. The predicted octanol–water partition coefficient (Wildman–Crippen LogP) is 4.25. The van der Waals surface area contributed by atoms with Crippen LogP contribution in [0.3, 0.4) is 0 Å². The van der Waals surface area contributed by atoms with Crippen molar-refractivity contribution < 1.29 is 13.9 Å². The Labute approximate surface area is 204 Å². The summed E-state index contributed by atoms with van der Waals surface area (Å²) in [6.07, 6.45) is 5.04. The van der Waals surface area contributed by atoms with Crippen LogP contribution in [0.5, 0.6) is 5.75 Å². The van der Waals surface area contributed by atoms with Gasteiger partial charge in [-0.15, -0.1) is 0 Å². The Morgan fingerprint density at radius 3 is 2.40 bits per heavy atom.